The molecule has 0 aromatic heterocycles. The molecule has 0 atom stereocenters. The first kappa shape index (κ1) is 10.3. The summed E-state index contributed by atoms with van der Waals surface area (Å²) in [5.41, 5.74) is 2.58. The van der Waals surface area contributed by atoms with Crippen molar-refractivity contribution < 1.29 is 4.39 Å². The minimum absolute atomic E-state index is 0.00936. The van der Waals surface area contributed by atoms with E-state index in [0.29, 0.717) is 0 Å². The molecule has 1 aromatic rings. The second kappa shape index (κ2) is 3.85. The number of hydrogen-bond acceptors (Lipinski definition) is 1. The van der Waals surface area contributed by atoms with Crippen LogP contribution in [0.15, 0.2) is 18.2 Å². The Bertz CT molecular complexity index is 394. The maximum absolute atomic E-state index is 13.8. The molecule has 0 saturated carbocycles. The topological polar surface area (TPSA) is 12.0 Å². The van der Waals surface area contributed by atoms with E-state index in [1.165, 1.54) is 24.8 Å². The van der Waals surface area contributed by atoms with Gasteiger partial charge in [-0.25, -0.2) is 4.39 Å². The average molecular weight is 219 g/mol. The van der Waals surface area contributed by atoms with E-state index in [9.17, 15) is 4.39 Å². The Morgan fingerprint density at radius 1 is 1.12 bits per heavy atom. The Labute approximate surface area is 96.1 Å². The lowest BCUT2D eigenvalue weighted by Crippen LogP contribution is -2.42. The average Bonchev–Trinajstić information content (AvgIpc) is 2.32. The first-order valence-electron chi connectivity index (χ1n) is 6.30. The quantitative estimate of drug-likeness (QED) is 0.707. The molecule has 1 N–H and O–H groups in total. The largest absolute Gasteiger partial charge is 0.317 e. The van der Waals surface area contributed by atoms with E-state index in [2.05, 4.69) is 11.4 Å². The van der Waals surface area contributed by atoms with Gasteiger partial charge in [0.05, 0.1) is 0 Å². The minimum Gasteiger partial charge on any atom is -0.317 e. The zero-order chi connectivity index (χ0) is 11.0. The predicted octanol–water partition coefficient (Wildman–Crippen LogP) is 2.78. The molecule has 0 bridgehead atoms. The molecule has 1 aliphatic carbocycles. The molecule has 0 amide bonds. The summed E-state index contributed by atoms with van der Waals surface area (Å²) in [6.07, 6.45) is 5.66. The molecule has 86 valence electrons. The van der Waals surface area contributed by atoms with Crippen molar-refractivity contribution in [2.75, 3.05) is 13.1 Å². The number of nitrogens with one attached hydrogen (secondary N) is 1. The van der Waals surface area contributed by atoms with Crippen LogP contribution in [-0.4, -0.2) is 13.1 Å². The van der Waals surface area contributed by atoms with Crippen LogP contribution in [0.2, 0.25) is 0 Å². The van der Waals surface area contributed by atoms with Gasteiger partial charge in [-0.15, -0.1) is 0 Å². The second-order valence-corrected chi connectivity index (χ2v) is 5.15. The third-order valence-corrected chi connectivity index (χ3v) is 4.33. The van der Waals surface area contributed by atoms with Crippen molar-refractivity contribution >= 4 is 0 Å². The summed E-state index contributed by atoms with van der Waals surface area (Å²) in [6.45, 7) is 2.16. The number of benzene rings is 1. The SMILES string of the molecule is Fc1cccc2c1CCCC21CCNCC1. The highest BCUT2D eigenvalue weighted by atomic mass is 19.1. The van der Waals surface area contributed by atoms with Gasteiger partial charge in [-0.05, 0) is 67.8 Å². The molecular formula is C14H18FN. The van der Waals surface area contributed by atoms with Crippen LogP contribution in [0.4, 0.5) is 4.39 Å². The molecule has 1 nitrogen and oxygen atoms in total. The second-order valence-electron chi connectivity index (χ2n) is 5.15. The van der Waals surface area contributed by atoms with Crippen LogP contribution in [0, 0.1) is 5.82 Å². The van der Waals surface area contributed by atoms with E-state index >= 15 is 0 Å². The number of piperidine rings is 1. The Kier molecular flexibility index (Phi) is 2.47. The lowest BCUT2D eigenvalue weighted by Gasteiger charge is -2.42. The highest BCUT2D eigenvalue weighted by Crippen LogP contribution is 2.44. The molecule has 3 rings (SSSR count). The fourth-order valence-corrected chi connectivity index (χ4v) is 3.47. The first-order valence-corrected chi connectivity index (χ1v) is 6.30. The van der Waals surface area contributed by atoms with Crippen molar-refractivity contribution in [3.8, 4) is 0 Å². The molecular weight excluding hydrogens is 201 g/mol. The number of rotatable bonds is 0. The van der Waals surface area contributed by atoms with Gasteiger partial charge in [0, 0.05) is 0 Å². The lowest BCUT2D eigenvalue weighted by molar-refractivity contribution is 0.266. The number of fused-ring (bicyclic) bond motifs is 2. The van der Waals surface area contributed by atoms with E-state index in [1.807, 2.05) is 6.07 Å². The fraction of sp³-hybridized carbons (Fsp3) is 0.571. The van der Waals surface area contributed by atoms with Gasteiger partial charge < -0.3 is 5.32 Å². The normalized spacial score (nSPS) is 23.1. The molecule has 2 aliphatic rings. The molecule has 0 radical (unpaired) electrons. The van der Waals surface area contributed by atoms with E-state index in [4.69, 9.17) is 0 Å². The van der Waals surface area contributed by atoms with E-state index < -0.39 is 0 Å². The zero-order valence-corrected chi connectivity index (χ0v) is 9.56. The zero-order valence-electron chi connectivity index (χ0n) is 9.56. The van der Waals surface area contributed by atoms with Crippen molar-refractivity contribution in [2.45, 2.75) is 37.5 Å². The number of halogens is 1. The number of hydrogen-bond donors (Lipinski definition) is 1. The summed E-state index contributed by atoms with van der Waals surface area (Å²) in [7, 11) is 0. The summed E-state index contributed by atoms with van der Waals surface area (Å²) in [5, 5.41) is 3.41. The monoisotopic (exact) mass is 219 g/mol. The molecule has 1 heterocycles. The van der Waals surface area contributed by atoms with Crippen molar-refractivity contribution in [3.63, 3.8) is 0 Å². The maximum atomic E-state index is 13.8. The molecule has 16 heavy (non-hydrogen) atoms. The van der Waals surface area contributed by atoms with Crippen LogP contribution in [-0.2, 0) is 11.8 Å². The molecule has 2 heteroatoms. The van der Waals surface area contributed by atoms with Crippen LogP contribution in [0.5, 0.6) is 0 Å². The van der Waals surface area contributed by atoms with Gasteiger partial charge in [-0.1, -0.05) is 12.1 Å². The lowest BCUT2D eigenvalue weighted by atomic mass is 9.65. The van der Waals surface area contributed by atoms with Gasteiger partial charge in [0.1, 0.15) is 5.82 Å². The molecule has 1 aliphatic heterocycles. The van der Waals surface area contributed by atoms with Crippen LogP contribution in [0.25, 0.3) is 0 Å². The summed E-state index contributed by atoms with van der Waals surface area (Å²) >= 11 is 0. The van der Waals surface area contributed by atoms with Crippen LogP contribution in [0.1, 0.15) is 36.8 Å². The molecule has 1 aromatic carbocycles. The molecule has 1 spiro atoms. The fourth-order valence-electron chi connectivity index (χ4n) is 3.47. The van der Waals surface area contributed by atoms with Gasteiger partial charge in [0.25, 0.3) is 0 Å². The van der Waals surface area contributed by atoms with E-state index in [-0.39, 0.29) is 11.2 Å². The Hall–Kier alpha value is -0.890. The highest BCUT2D eigenvalue weighted by Gasteiger charge is 2.38. The summed E-state index contributed by atoms with van der Waals surface area (Å²) in [4.78, 5) is 0. The van der Waals surface area contributed by atoms with Crippen LogP contribution in [0.3, 0.4) is 0 Å². The van der Waals surface area contributed by atoms with Gasteiger partial charge in [-0.3, -0.25) is 0 Å². The third-order valence-electron chi connectivity index (χ3n) is 4.33. The van der Waals surface area contributed by atoms with Crippen molar-refractivity contribution in [1.29, 1.82) is 0 Å². The standard InChI is InChI=1S/C14H18FN/c15-13-5-1-4-12-11(13)3-2-6-14(12)7-9-16-10-8-14/h1,4-5,16H,2-3,6-10H2. The van der Waals surface area contributed by atoms with Crippen LogP contribution < -0.4 is 5.32 Å². The van der Waals surface area contributed by atoms with Gasteiger partial charge in [0.15, 0.2) is 0 Å². The van der Waals surface area contributed by atoms with Gasteiger partial charge in [-0.2, -0.15) is 0 Å². The Morgan fingerprint density at radius 3 is 2.75 bits per heavy atom. The predicted molar refractivity (Wildman–Crippen MR) is 63.1 cm³/mol. The summed E-state index contributed by atoms with van der Waals surface area (Å²) < 4.78 is 13.8. The minimum atomic E-state index is 0.00936. The summed E-state index contributed by atoms with van der Waals surface area (Å²) in [5.74, 6) is 0.00936. The Balaban J connectivity index is 2.08. The highest BCUT2D eigenvalue weighted by molar-refractivity contribution is 5.38. The molecule has 0 unspecified atom stereocenters. The summed E-state index contributed by atoms with van der Waals surface area (Å²) in [6, 6.07) is 5.64. The first-order chi connectivity index (χ1) is 7.82. The maximum Gasteiger partial charge on any atom is 0.126 e. The molecule has 1 saturated heterocycles. The van der Waals surface area contributed by atoms with E-state index in [1.54, 1.807) is 6.07 Å². The smallest absolute Gasteiger partial charge is 0.126 e. The van der Waals surface area contributed by atoms with Crippen molar-refractivity contribution in [2.24, 2.45) is 0 Å². The van der Waals surface area contributed by atoms with E-state index in [0.717, 1.165) is 31.5 Å². The van der Waals surface area contributed by atoms with Gasteiger partial charge in [0.2, 0.25) is 0 Å². The van der Waals surface area contributed by atoms with Crippen LogP contribution >= 0.6 is 0 Å². The Morgan fingerprint density at radius 2 is 1.94 bits per heavy atom. The van der Waals surface area contributed by atoms with Crippen molar-refractivity contribution in [1.82, 2.24) is 5.32 Å². The van der Waals surface area contributed by atoms with Gasteiger partial charge >= 0.3 is 0 Å². The third kappa shape index (κ3) is 1.47. The van der Waals surface area contributed by atoms with Crippen molar-refractivity contribution in [3.05, 3.63) is 35.1 Å². The molecule has 1 fully saturated rings.